The number of ether oxygens (including phenoxy) is 1. The van der Waals surface area contributed by atoms with Crippen LogP contribution in [0.5, 0.6) is 5.88 Å². The van der Waals surface area contributed by atoms with Crippen molar-refractivity contribution in [1.82, 2.24) is 20.6 Å². The highest BCUT2D eigenvalue weighted by Crippen LogP contribution is 2.57. The second-order valence-corrected chi connectivity index (χ2v) is 10.2. The van der Waals surface area contributed by atoms with Crippen LogP contribution in [0.2, 0.25) is 0 Å². The van der Waals surface area contributed by atoms with E-state index in [9.17, 15) is 9.59 Å². The Kier molecular flexibility index (Phi) is 5.89. The SMILES string of the molecule is Cc1cccc(C(=O)NC23CC4CC(CC(NC(=O)Oc5cccc(NCCO)n5)(C4)C2)C3)n1. The van der Waals surface area contributed by atoms with Gasteiger partial charge < -0.3 is 25.8 Å². The molecule has 2 unspecified atom stereocenters. The predicted octanol–water partition coefficient (Wildman–Crippen LogP) is 2.80. The van der Waals surface area contributed by atoms with Gasteiger partial charge in [-0.25, -0.2) is 9.78 Å². The molecule has 0 aliphatic heterocycles. The number of aliphatic hydroxyl groups is 1. The number of pyridine rings is 2. The van der Waals surface area contributed by atoms with Crippen LogP contribution in [-0.4, -0.2) is 51.3 Å². The van der Waals surface area contributed by atoms with E-state index in [1.807, 2.05) is 19.1 Å². The minimum Gasteiger partial charge on any atom is -0.395 e. The molecule has 2 amide bonds. The number of carbonyl (C=O) groups excluding carboxylic acids is 2. The van der Waals surface area contributed by atoms with E-state index in [0.29, 0.717) is 36.3 Å². The van der Waals surface area contributed by atoms with Crippen LogP contribution in [0.25, 0.3) is 0 Å². The number of nitrogens with zero attached hydrogens (tertiary/aromatic N) is 2. The summed E-state index contributed by atoms with van der Waals surface area (Å²) in [5, 5.41) is 18.4. The van der Waals surface area contributed by atoms with Crippen LogP contribution in [0.1, 0.15) is 54.7 Å². The first-order valence-electron chi connectivity index (χ1n) is 11.9. The molecule has 0 radical (unpaired) electrons. The van der Waals surface area contributed by atoms with Gasteiger partial charge in [0.1, 0.15) is 11.5 Å². The molecule has 2 aromatic heterocycles. The Hall–Kier alpha value is -3.20. The van der Waals surface area contributed by atoms with Gasteiger partial charge in [0, 0.05) is 29.4 Å². The lowest BCUT2D eigenvalue weighted by atomic mass is 9.50. The van der Waals surface area contributed by atoms with Crippen molar-refractivity contribution in [2.45, 2.75) is 56.5 Å². The minimum absolute atomic E-state index is 0.0175. The maximum absolute atomic E-state index is 13.0. The predicted molar refractivity (Wildman–Crippen MR) is 126 cm³/mol. The lowest BCUT2D eigenvalue weighted by Crippen LogP contribution is -2.70. The standard InChI is InChI=1S/C25H31N5O4/c1-16-4-2-5-19(27-16)22(32)29-24-11-17-10-18(12-24)14-25(13-17,15-24)30-23(33)34-21-7-3-6-20(28-21)26-8-9-31/h2-7,17-18,31H,8-15H2,1H3,(H,26,28)(H,29,32)(H,30,33). The molecule has 2 aromatic rings. The first-order valence-corrected chi connectivity index (χ1v) is 11.9. The highest BCUT2D eigenvalue weighted by molar-refractivity contribution is 5.92. The molecular formula is C25H31N5O4. The van der Waals surface area contributed by atoms with E-state index in [0.717, 1.165) is 37.8 Å². The van der Waals surface area contributed by atoms with Crippen LogP contribution in [0.15, 0.2) is 36.4 Å². The fraction of sp³-hybridized carbons (Fsp3) is 0.520. The van der Waals surface area contributed by atoms with Crippen molar-refractivity contribution in [1.29, 1.82) is 0 Å². The van der Waals surface area contributed by atoms with Crippen molar-refractivity contribution >= 4 is 17.8 Å². The third-order valence-electron chi connectivity index (χ3n) is 7.27. The fourth-order valence-electron chi connectivity index (χ4n) is 6.62. The van der Waals surface area contributed by atoms with Gasteiger partial charge in [0.05, 0.1) is 6.61 Å². The number of nitrogens with one attached hydrogen (secondary N) is 3. The maximum Gasteiger partial charge on any atom is 0.414 e. The number of amides is 2. The summed E-state index contributed by atoms with van der Waals surface area (Å²) >= 11 is 0. The van der Waals surface area contributed by atoms with E-state index in [1.54, 1.807) is 24.3 Å². The van der Waals surface area contributed by atoms with E-state index in [-0.39, 0.29) is 23.9 Å². The molecule has 4 fully saturated rings. The summed E-state index contributed by atoms with van der Waals surface area (Å²) in [6.45, 7) is 2.22. The second-order valence-electron chi connectivity index (χ2n) is 10.2. The van der Waals surface area contributed by atoms with Gasteiger partial charge in [0.25, 0.3) is 5.91 Å². The molecule has 0 saturated heterocycles. The number of carbonyl (C=O) groups is 2. The van der Waals surface area contributed by atoms with E-state index in [4.69, 9.17) is 9.84 Å². The molecule has 0 aromatic carbocycles. The van der Waals surface area contributed by atoms with Crippen LogP contribution in [0.3, 0.4) is 0 Å². The van der Waals surface area contributed by atoms with Crippen LogP contribution < -0.4 is 20.7 Å². The summed E-state index contributed by atoms with van der Waals surface area (Å²) in [6.07, 6.45) is 4.94. The van der Waals surface area contributed by atoms with Crippen molar-refractivity contribution in [3.8, 4) is 5.88 Å². The van der Waals surface area contributed by atoms with Gasteiger partial charge in [-0.1, -0.05) is 12.1 Å². The fourth-order valence-corrected chi connectivity index (χ4v) is 6.62. The number of aliphatic hydroxyl groups excluding tert-OH is 1. The topological polar surface area (TPSA) is 125 Å². The molecule has 34 heavy (non-hydrogen) atoms. The molecule has 2 atom stereocenters. The second kappa shape index (κ2) is 8.87. The first kappa shape index (κ1) is 22.6. The summed E-state index contributed by atoms with van der Waals surface area (Å²) < 4.78 is 5.51. The van der Waals surface area contributed by atoms with Gasteiger partial charge in [-0.2, -0.15) is 4.98 Å². The first-order chi connectivity index (χ1) is 16.4. The molecule has 4 N–H and O–H groups in total. The lowest BCUT2D eigenvalue weighted by molar-refractivity contribution is -0.0450. The van der Waals surface area contributed by atoms with Crippen LogP contribution in [0, 0.1) is 18.8 Å². The van der Waals surface area contributed by atoms with E-state index >= 15 is 0 Å². The van der Waals surface area contributed by atoms with E-state index in [1.165, 1.54) is 0 Å². The number of hydrogen-bond donors (Lipinski definition) is 4. The number of aryl methyl sites for hydroxylation is 1. The molecule has 6 rings (SSSR count). The Morgan fingerprint density at radius 1 is 1.03 bits per heavy atom. The molecule has 4 aliphatic rings. The summed E-state index contributed by atoms with van der Waals surface area (Å²) in [6, 6.07) is 10.6. The summed E-state index contributed by atoms with van der Waals surface area (Å²) in [7, 11) is 0. The van der Waals surface area contributed by atoms with Gasteiger partial charge in [-0.3, -0.25) is 4.79 Å². The number of rotatable bonds is 7. The van der Waals surface area contributed by atoms with Gasteiger partial charge in [-0.15, -0.1) is 0 Å². The van der Waals surface area contributed by atoms with Crippen LogP contribution in [0.4, 0.5) is 10.6 Å². The van der Waals surface area contributed by atoms with Gasteiger partial charge in [0.15, 0.2) is 0 Å². The van der Waals surface area contributed by atoms with Gasteiger partial charge in [-0.05, 0) is 75.5 Å². The maximum atomic E-state index is 13.0. The summed E-state index contributed by atoms with van der Waals surface area (Å²) in [5.41, 5.74) is 0.495. The van der Waals surface area contributed by atoms with Crippen molar-refractivity contribution in [3.63, 3.8) is 0 Å². The Labute approximate surface area is 198 Å². The zero-order valence-corrected chi connectivity index (χ0v) is 19.3. The molecule has 4 bridgehead atoms. The normalized spacial score (nSPS) is 28.9. The zero-order chi connectivity index (χ0) is 23.8. The molecule has 4 aliphatic carbocycles. The van der Waals surface area contributed by atoms with Gasteiger partial charge in [0.2, 0.25) is 5.88 Å². The molecule has 180 valence electrons. The van der Waals surface area contributed by atoms with E-state index < -0.39 is 11.6 Å². The third-order valence-corrected chi connectivity index (χ3v) is 7.27. The lowest BCUT2D eigenvalue weighted by Gasteiger charge is -2.61. The van der Waals surface area contributed by atoms with Crippen molar-refractivity contribution < 1.29 is 19.4 Å². The molecule has 4 saturated carbocycles. The smallest absolute Gasteiger partial charge is 0.395 e. The minimum atomic E-state index is -0.532. The largest absolute Gasteiger partial charge is 0.414 e. The third kappa shape index (κ3) is 4.70. The summed E-state index contributed by atoms with van der Waals surface area (Å²) in [4.78, 5) is 34.6. The van der Waals surface area contributed by atoms with Crippen molar-refractivity contribution in [3.05, 3.63) is 47.8 Å². The Morgan fingerprint density at radius 3 is 2.44 bits per heavy atom. The van der Waals surface area contributed by atoms with Gasteiger partial charge >= 0.3 is 6.09 Å². The van der Waals surface area contributed by atoms with E-state index in [2.05, 4.69) is 25.9 Å². The average Bonchev–Trinajstić information content (AvgIpc) is 2.76. The quantitative estimate of drug-likeness (QED) is 0.495. The average molecular weight is 466 g/mol. The molecule has 9 heteroatoms. The van der Waals surface area contributed by atoms with Crippen molar-refractivity contribution in [2.24, 2.45) is 11.8 Å². The highest BCUT2D eigenvalue weighted by atomic mass is 16.6. The van der Waals surface area contributed by atoms with Crippen LogP contribution in [-0.2, 0) is 0 Å². The molecule has 9 nitrogen and oxygen atoms in total. The highest BCUT2D eigenvalue weighted by Gasteiger charge is 2.59. The number of aromatic nitrogens is 2. The molecular weight excluding hydrogens is 434 g/mol. The summed E-state index contributed by atoms with van der Waals surface area (Å²) in [5.74, 6) is 1.48. The van der Waals surface area contributed by atoms with Crippen molar-refractivity contribution in [2.75, 3.05) is 18.5 Å². The number of anilines is 1. The monoisotopic (exact) mass is 465 g/mol. The molecule has 2 heterocycles. The Morgan fingerprint density at radius 2 is 1.74 bits per heavy atom. The Balaban J connectivity index is 1.28. The van der Waals surface area contributed by atoms with Crippen LogP contribution >= 0.6 is 0 Å². The zero-order valence-electron chi connectivity index (χ0n) is 19.3. The Bertz CT molecular complexity index is 1080. The number of hydrogen-bond acceptors (Lipinski definition) is 7. The molecule has 0 spiro atoms.